The third-order valence-corrected chi connectivity index (χ3v) is 7.80. The first kappa shape index (κ1) is 17.2. The Labute approximate surface area is 134 Å². The van der Waals surface area contributed by atoms with E-state index in [9.17, 15) is 16.8 Å². The second-order valence-electron chi connectivity index (χ2n) is 4.87. The van der Waals surface area contributed by atoms with Crippen LogP contribution in [0.25, 0.3) is 0 Å². The van der Waals surface area contributed by atoms with Gasteiger partial charge in [-0.25, -0.2) is 26.3 Å². The first-order valence-corrected chi connectivity index (χ1v) is 10.9. The zero-order valence-corrected chi connectivity index (χ0v) is 14.4. The number of thiophene rings is 1. The lowest BCUT2D eigenvalue weighted by Crippen LogP contribution is -2.38. The van der Waals surface area contributed by atoms with E-state index in [1.54, 1.807) is 0 Å². The van der Waals surface area contributed by atoms with Gasteiger partial charge in [0, 0.05) is 12.6 Å². The summed E-state index contributed by atoms with van der Waals surface area (Å²) >= 11 is 6.62. The van der Waals surface area contributed by atoms with Crippen LogP contribution in [0, 0.1) is 0 Å². The lowest BCUT2D eigenvalue weighted by Gasteiger charge is -2.12. The molecule has 0 amide bonds. The predicted octanol–water partition coefficient (Wildman–Crippen LogP) is 1.54. The van der Waals surface area contributed by atoms with Crippen molar-refractivity contribution in [3.05, 3.63) is 16.5 Å². The van der Waals surface area contributed by atoms with E-state index in [1.165, 1.54) is 12.1 Å². The van der Waals surface area contributed by atoms with Crippen LogP contribution in [-0.4, -0.2) is 35.2 Å². The van der Waals surface area contributed by atoms with Crippen molar-refractivity contribution in [3.63, 3.8) is 0 Å². The minimum atomic E-state index is -3.70. The third-order valence-electron chi connectivity index (χ3n) is 3.18. The molecule has 0 saturated heterocycles. The van der Waals surface area contributed by atoms with E-state index >= 15 is 0 Å². The second-order valence-corrected chi connectivity index (χ2v) is 10.5. The molecule has 1 aromatic heterocycles. The molecule has 0 aliphatic heterocycles. The SMILES string of the molecule is O=S(=O)(CCNS(=O)(=O)c1ccc(Cl)s1)NC1CCCC1. The molecular weight excluding hydrogens is 356 g/mol. The number of nitrogens with one attached hydrogen (secondary N) is 2. The fourth-order valence-corrected chi connectivity index (χ4v) is 6.10. The van der Waals surface area contributed by atoms with Gasteiger partial charge in [0.15, 0.2) is 0 Å². The molecule has 0 aromatic carbocycles. The van der Waals surface area contributed by atoms with Crippen LogP contribution in [-0.2, 0) is 20.0 Å². The molecule has 0 atom stereocenters. The van der Waals surface area contributed by atoms with Gasteiger partial charge in [-0.15, -0.1) is 11.3 Å². The Balaban J connectivity index is 1.85. The van der Waals surface area contributed by atoms with Crippen LogP contribution in [0.15, 0.2) is 16.3 Å². The van der Waals surface area contributed by atoms with Crippen molar-refractivity contribution < 1.29 is 16.8 Å². The molecule has 1 aliphatic rings. The highest BCUT2D eigenvalue weighted by Gasteiger charge is 2.22. The Morgan fingerprint density at radius 3 is 2.43 bits per heavy atom. The van der Waals surface area contributed by atoms with E-state index in [2.05, 4.69) is 9.44 Å². The molecule has 2 N–H and O–H groups in total. The number of sulfonamides is 2. The largest absolute Gasteiger partial charge is 0.250 e. The zero-order valence-electron chi connectivity index (χ0n) is 11.2. The molecule has 1 fully saturated rings. The van der Waals surface area contributed by atoms with Gasteiger partial charge >= 0.3 is 0 Å². The van der Waals surface area contributed by atoms with Gasteiger partial charge in [0.1, 0.15) is 4.21 Å². The van der Waals surface area contributed by atoms with Gasteiger partial charge in [-0.05, 0) is 25.0 Å². The molecule has 10 heteroatoms. The number of rotatable bonds is 7. The van der Waals surface area contributed by atoms with E-state index in [0.717, 1.165) is 37.0 Å². The summed E-state index contributed by atoms with van der Waals surface area (Å²) < 4.78 is 52.8. The Hall–Kier alpha value is -0.190. The normalized spacial score (nSPS) is 17.4. The quantitative estimate of drug-likeness (QED) is 0.759. The standard InChI is InChI=1S/C11H17ClN2O4S3/c12-10-5-6-11(19-10)21(17,18)13-7-8-20(15,16)14-9-3-1-2-4-9/h5-6,9,13-14H,1-4,7-8H2. The summed E-state index contributed by atoms with van der Waals surface area (Å²) in [6.45, 7) is -0.167. The highest BCUT2D eigenvalue weighted by Crippen LogP contribution is 2.25. The van der Waals surface area contributed by atoms with Gasteiger partial charge in [0.05, 0.1) is 10.1 Å². The minimum Gasteiger partial charge on any atom is -0.212 e. The Morgan fingerprint density at radius 1 is 1.19 bits per heavy atom. The van der Waals surface area contributed by atoms with Crippen molar-refractivity contribution in [2.45, 2.75) is 35.9 Å². The molecule has 1 saturated carbocycles. The molecule has 1 aliphatic carbocycles. The Morgan fingerprint density at radius 2 is 1.86 bits per heavy atom. The maximum Gasteiger partial charge on any atom is 0.250 e. The topological polar surface area (TPSA) is 92.3 Å². The fourth-order valence-electron chi connectivity index (χ4n) is 2.18. The van der Waals surface area contributed by atoms with Crippen LogP contribution in [0.1, 0.15) is 25.7 Å². The lowest BCUT2D eigenvalue weighted by molar-refractivity contribution is 0.550. The molecule has 21 heavy (non-hydrogen) atoms. The molecule has 6 nitrogen and oxygen atoms in total. The van der Waals surface area contributed by atoms with E-state index in [0.29, 0.717) is 4.34 Å². The molecule has 0 bridgehead atoms. The Kier molecular flexibility index (Phi) is 5.66. The summed E-state index contributed by atoms with van der Waals surface area (Å²) in [7, 11) is -7.16. The van der Waals surface area contributed by atoms with Crippen LogP contribution >= 0.6 is 22.9 Å². The maximum absolute atomic E-state index is 11.9. The van der Waals surface area contributed by atoms with Crippen LogP contribution in [0.3, 0.4) is 0 Å². The van der Waals surface area contributed by atoms with Crippen molar-refractivity contribution in [2.24, 2.45) is 0 Å². The molecular formula is C11H17ClN2O4S3. The minimum absolute atomic E-state index is 0.0114. The highest BCUT2D eigenvalue weighted by molar-refractivity contribution is 7.92. The van der Waals surface area contributed by atoms with E-state index in [4.69, 9.17) is 11.6 Å². The van der Waals surface area contributed by atoms with Gasteiger partial charge in [-0.2, -0.15) is 0 Å². The summed E-state index contributed by atoms with van der Waals surface area (Å²) in [6, 6.07) is 2.86. The average Bonchev–Trinajstić information content (AvgIpc) is 2.99. The van der Waals surface area contributed by atoms with Crippen LogP contribution in [0.5, 0.6) is 0 Å². The van der Waals surface area contributed by atoms with Crippen molar-refractivity contribution in [1.82, 2.24) is 9.44 Å². The van der Waals surface area contributed by atoms with Crippen LogP contribution in [0.4, 0.5) is 0 Å². The summed E-state index contributed by atoms with van der Waals surface area (Å²) in [5.74, 6) is -0.276. The molecule has 2 rings (SSSR count). The summed E-state index contributed by atoms with van der Waals surface area (Å²) in [5.41, 5.74) is 0. The molecule has 0 unspecified atom stereocenters. The van der Waals surface area contributed by atoms with Crippen molar-refractivity contribution >= 4 is 43.0 Å². The number of halogens is 1. The van der Waals surface area contributed by atoms with Crippen molar-refractivity contribution in [1.29, 1.82) is 0 Å². The first-order valence-electron chi connectivity index (χ1n) is 6.53. The number of hydrogen-bond acceptors (Lipinski definition) is 5. The average molecular weight is 373 g/mol. The first-order chi connectivity index (χ1) is 9.78. The smallest absolute Gasteiger partial charge is 0.212 e. The van der Waals surface area contributed by atoms with E-state index in [1.807, 2.05) is 0 Å². The number of hydrogen-bond donors (Lipinski definition) is 2. The van der Waals surface area contributed by atoms with E-state index in [-0.39, 0.29) is 22.5 Å². The van der Waals surface area contributed by atoms with Crippen LogP contribution < -0.4 is 9.44 Å². The zero-order chi connectivity index (χ0) is 15.5. The van der Waals surface area contributed by atoms with Gasteiger partial charge in [-0.3, -0.25) is 0 Å². The lowest BCUT2D eigenvalue weighted by atomic mass is 10.3. The monoisotopic (exact) mass is 372 g/mol. The highest BCUT2D eigenvalue weighted by atomic mass is 35.5. The van der Waals surface area contributed by atoms with Gasteiger partial charge in [0.25, 0.3) is 0 Å². The van der Waals surface area contributed by atoms with Gasteiger partial charge in [-0.1, -0.05) is 24.4 Å². The summed E-state index contributed by atoms with van der Waals surface area (Å²) in [4.78, 5) is 0. The summed E-state index contributed by atoms with van der Waals surface area (Å²) in [5, 5.41) is 0. The van der Waals surface area contributed by atoms with E-state index < -0.39 is 20.0 Å². The van der Waals surface area contributed by atoms with Crippen molar-refractivity contribution in [3.8, 4) is 0 Å². The molecule has 1 aromatic rings. The second kappa shape index (κ2) is 6.93. The van der Waals surface area contributed by atoms with Crippen LogP contribution in [0.2, 0.25) is 4.34 Å². The molecule has 0 radical (unpaired) electrons. The third kappa shape index (κ3) is 5.19. The molecule has 1 heterocycles. The molecule has 0 spiro atoms. The van der Waals surface area contributed by atoms with Gasteiger partial charge < -0.3 is 0 Å². The predicted molar refractivity (Wildman–Crippen MR) is 83.7 cm³/mol. The van der Waals surface area contributed by atoms with Crippen molar-refractivity contribution in [2.75, 3.05) is 12.3 Å². The maximum atomic E-state index is 11.9. The van der Waals surface area contributed by atoms with Gasteiger partial charge in [0.2, 0.25) is 20.0 Å². The molecule has 120 valence electrons. The Bertz CT molecular complexity index is 678. The summed E-state index contributed by atoms with van der Waals surface area (Å²) in [6.07, 6.45) is 3.75. The fraction of sp³-hybridized carbons (Fsp3) is 0.636.